The second kappa shape index (κ2) is 8.18. The molecule has 1 heterocycles. The summed E-state index contributed by atoms with van der Waals surface area (Å²) in [4.78, 5) is 26.2. The van der Waals surface area contributed by atoms with Crippen molar-refractivity contribution in [3.8, 4) is 5.75 Å². The van der Waals surface area contributed by atoms with Crippen molar-refractivity contribution in [3.05, 3.63) is 29.3 Å². The predicted molar refractivity (Wildman–Crippen MR) is 91.9 cm³/mol. The number of hydrogen-bond donors (Lipinski definition) is 0. The van der Waals surface area contributed by atoms with E-state index in [0.717, 1.165) is 16.9 Å². The average Bonchev–Trinajstić information content (AvgIpc) is 2.61. The van der Waals surface area contributed by atoms with Crippen LogP contribution in [-0.2, 0) is 14.3 Å². The molecule has 0 saturated carbocycles. The van der Waals surface area contributed by atoms with Crippen LogP contribution >= 0.6 is 0 Å². The first-order valence-corrected chi connectivity index (χ1v) is 8.56. The lowest BCUT2D eigenvalue weighted by Crippen LogP contribution is -2.46. The van der Waals surface area contributed by atoms with Gasteiger partial charge >= 0.3 is 5.97 Å². The van der Waals surface area contributed by atoms with Crippen molar-refractivity contribution < 1.29 is 19.1 Å². The molecule has 132 valence electrons. The summed E-state index contributed by atoms with van der Waals surface area (Å²) in [5, 5.41) is 0. The van der Waals surface area contributed by atoms with E-state index in [1.807, 2.05) is 39.0 Å². The number of aryl methyl sites for hydroxylation is 2. The zero-order valence-electron chi connectivity index (χ0n) is 15.0. The smallest absolute Gasteiger partial charge is 0.308 e. The normalized spacial score (nSPS) is 16.6. The molecule has 1 aliphatic rings. The van der Waals surface area contributed by atoms with Gasteiger partial charge in [0.15, 0.2) is 6.10 Å². The average molecular weight is 333 g/mol. The van der Waals surface area contributed by atoms with Crippen LogP contribution in [0.15, 0.2) is 18.2 Å². The number of benzene rings is 1. The number of rotatable bonds is 5. The van der Waals surface area contributed by atoms with Gasteiger partial charge in [-0.05, 0) is 50.3 Å². The van der Waals surface area contributed by atoms with Gasteiger partial charge < -0.3 is 14.4 Å². The first-order valence-electron chi connectivity index (χ1n) is 8.56. The summed E-state index contributed by atoms with van der Waals surface area (Å²) in [6.45, 7) is 7.09. The predicted octanol–water partition coefficient (Wildman–Crippen LogP) is 2.87. The molecular weight excluding hydrogens is 306 g/mol. The molecule has 0 unspecified atom stereocenters. The highest BCUT2D eigenvalue weighted by Gasteiger charge is 2.31. The van der Waals surface area contributed by atoms with Gasteiger partial charge in [-0.2, -0.15) is 0 Å². The number of amides is 1. The standard InChI is InChI=1S/C19H27NO4/c1-5-16(24-17-12-13(2)6-7-14(17)3)18(21)20-10-8-15(9-11-20)19(22)23-4/h6-7,12,15-16H,5,8-11H2,1-4H3/t16-/m0/s1. The summed E-state index contributed by atoms with van der Waals surface area (Å²) in [5.41, 5.74) is 2.13. The van der Waals surface area contributed by atoms with Crippen LogP contribution in [0, 0.1) is 19.8 Å². The third-order valence-electron chi connectivity index (χ3n) is 4.60. The first-order chi connectivity index (χ1) is 11.5. The van der Waals surface area contributed by atoms with Crippen LogP contribution in [0.3, 0.4) is 0 Å². The third-order valence-corrected chi connectivity index (χ3v) is 4.60. The van der Waals surface area contributed by atoms with Gasteiger partial charge in [0.1, 0.15) is 5.75 Å². The summed E-state index contributed by atoms with van der Waals surface area (Å²) in [6.07, 6.45) is 1.43. The van der Waals surface area contributed by atoms with E-state index in [0.29, 0.717) is 32.4 Å². The van der Waals surface area contributed by atoms with Crippen molar-refractivity contribution in [3.63, 3.8) is 0 Å². The molecule has 0 bridgehead atoms. The van der Waals surface area contributed by atoms with Crippen molar-refractivity contribution in [2.45, 2.75) is 46.1 Å². The fourth-order valence-electron chi connectivity index (χ4n) is 3.00. The Morgan fingerprint density at radius 1 is 1.25 bits per heavy atom. The van der Waals surface area contributed by atoms with Gasteiger partial charge in [0.25, 0.3) is 5.91 Å². The van der Waals surface area contributed by atoms with Crippen LogP contribution < -0.4 is 4.74 Å². The topological polar surface area (TPSA) is 55.8 Å². The lowest BCUT2D eigenvalue weighted by Gasteiger charge is -2.33. The highest BCUT2D eigenvalue weighted by atomic mass is 16.5. The lowest BCUT2D eigenvalue weighted by atomic mass is 9.96. The molecular formula is C19H27NO4. The van der Waals surface area contributed by atoms with E-state index in [9.17, 15) is 9.59 Å². The minimum absolute atomic E-state index is 0.00159. The Kier molecular flexibility index (Phi) is 6.23. The summed E-state index contributed by atoms with van der Waals surface area (Å²) in [7, 11) is 1.41. The Balaban J connectivity index is 1.99. The zero-order chi connectivity index (χ0) is 17.7. The monoisotopic (exact) mass is 333 g/mol. The minimum atomic E-state index is -0.486. The van der Waals surface area contributed by atoms with Crippen molar-refractivity contribution in [1.29, 1.82) is 0 Å². The maximum absolute atomic E-state index is 12.8. The quantitative estimate of drug-likeness (QED) is 0.778. The van der Waals surface area contributed by atoms with Crippen molar-refractivity contribution in [2.24, 2.45) is 5.92 Å². The maximum atomic E-state index is 12.8. The van der Waals surface area contributed by atoms with Crippen molar-refractivity contribution in [1.82, 2.24) is 4.90 Å². The van der Waals surface area contributed by atoms with Gasteiger partial charge in [0, 0.05) is 13.1 Å². The fourth-order valence-corrected chi connectivity index (χ4v) is 3.00. The van der Waals surface area contributed by atoms with E-state index in [1.165, 1.54) is 7.11 Å². The maximum Gasteiger partial charge on any atom is 0.308 e. The molecule has 1 amide bonds. The number of carbonyl (C=O) groups excluding carboxylic acids is 2. The van der Waals surface area contributed by atoms with Crippen LogP contribution in [0.2, 0.25) is 0 Å². The molecule has 1 fully saturated rings. The molecule has 5 heteroatoms. The summed E-state index contributed by atoms with van der Waals surface area (Å²) in [6, 6.07) is 6.00. The van der Waals surface area contributed by atoms with Crippen molar-refractivity contribution >= 4 is 11.9 Å². The molecule has 1 aliphatic heterocycles. The van der Waals surface area contributed by atoms with Crippen molar-refractivity contribution in [2.75, 3.05) is 20.2 Å². The molecule has 0 N–H and O–H groups in total. The van der Waals surface area contributed by atoms with Gasteiger partial charge in [-0.3, -0.25) is 9.59 Å². The van der Waals surface area contributed by atoms with Gasteiger partial charge in [-0.15, -0.1) is 0 Å². The number of likely N-dealkylation sites (tertiary alicyclic amines) is 1. The molecule has 5 nitrogen and oxygen atoms in total. The molecule has 0 aliphatic carbocycles. The Morgan fingerprint density at radius 2 is 1.92 bits per heavy atom. The molecule has 1 atom stereocenters. The Morgan fingerprint density at radius 3 is 2.50 bits per heavy atom. The van der Waals surface area contributed by atoms with Crippen LogP contribution in [0.25, 0.3) is 0 Å². The molecule has 2 rings (SSSR count). The van der Waals surface area contributed by atoms with E-state index in [-0.39, 0.29) is 17.8 Å². The Labute approximate surface area is 143 Å². The highest BCUT2D eigenvalue weighted by molar-refractivity contribution is 5.82. The number of nitrogens with zero attached hydrogens (tertiary/aromatic N) is 1. The van der Waals surface area contributed by atoms with Crippen LogP contribution in [-0.4, -0.2) is 43.1 Å². The minimum Gasteiger partial charge on any atom is -0.480 e. The molecule has 0 radical (unpaired) electrons. The zero-order valence-corrected chi connectivity index (χ0v) is 15.0. The third kappa shape index (κ3) is 4.28. The largest absolute Gasteiger partial charge is 0.480 e. The number of hydrogen-bond acceptors (Lipinski definition) is 4. The Bertz CT molecular complexity index is 591. The van der Waals surface area contributed by atoms with E-state index in [2.05, 4.69) is 0 Å². The van der Waals surface area contributed by atoms with Crippen LogP contribution in [0.1, 0.15) is 37.3 Å². The number of ether oxygens (including phenoxy) is 2. The van der Waals surface area contributed by atoms with Gasteiger partial charge in [-0.25, -0.2) is 0 Å². The summed E-state index contributed by atoms with van der Waals surface area (Å²) in [5.74, 6) is 0.487. The SMILES string of the molecule is CC[C@H](Oc1cc(C)ccc1C)C(=O)N1CCC(C(=O)OC)CC1. The highest BCUT2D eigenvalue weighted by Crippen LogP contribution is 2.24. The molecule has 0 spiro atoms. The van der Waals surface area contributed by atoms with E-state index in [4.69, 9.17) is 9.47 Å². The van der Waals surface area contributed by atoms with Crippen LogP contribution in [0.4, 0.5) is 0 Å². The summed E-state index contributed by atoms with van der Waals surface area (Å²) >= 11 is 0. The Hall–Kier alpha value is -2.04. The number of piperidine rings is 1. The van der Waals surface area contributed by atoms with Gasteiger partial charge in [0.05, 0.1) is 13.0 Å². The molecule has 1 saturated heterocycles. The molecule has 24 heavy (non-hydrogen) atoms. The molecule has 1 aromatic carbocycles. The second-order valence-corrected chi connectivity index (χ2v) is 6.41. The number of carbonyl (C=O) groups is 2. The van der Waals surface area contributed by atoms with Crippen LogP contribution in [0.5, 0.6) is 5.75 Å². The first kappa shape index (κ1) is 18.3. The van der Waals surface area contributed by atoms with E-state index in [1.54, 1.807) is 4.90 Å². The summed E-state index contributed by atoms with van der Waals surface area (Å²) < 4.78 is 10.8. The molecule has 0 aromatic heterocycles. The van der Waals surface area contributed by atoms with E-state index < -0.39 is 6.10 Å². The van der Waals surface area contributed by atoms with Gasteiger partial charge in [0.2, 0.25) is 0 Å². The van der Waals surface area contributed by atoms with Gasteiger partial charge in [-0.1, -0.05) is 19.1 Å². The number of esters is 1. The number of methoxy groups -OCH3 is 1. The second-order valence-electron chi connectivity index (χ2n) is 6.41. The fraction of sp³-hybridized carbons (Fsp3) is 0.579. The molecule has 1 aromatic rings. The lowest BCUT2D eigenvalue weighted by molar-refractivity contribution is -0.150. The van der Waals surface area contributed by atoms with E-state index >= 15 is 0 Å².